The van der Waals surface area contributed by atoms with Crippen LogP contribution in [0.15, 0.2) is 157 Å². The fourth-order valence-electron chi connectivity index (χ4n) is 7.63. The number of carboxylic acids is 1. The summed E-state index contributed by atoms with van der Waals surface area (Å²) in [5.41, 5.74) is 5.69. The molecule has 78 heavy (non-hydrogen) atoms. The van der Waals surface area contributed by atoms with Crippen LogP contribution in [0.5, 0.6) is 0 Å². The molecule has 16 nitrogen and oxygen atoms in total. The molecular formula is C62H97NO15. The number of carbonyl (C=O) groups is 2. The van der Waals surface area contributed by atoms with Crippen LogP contribution < -0.4 is 5.73 Å². The molecule has 0 aromatic carbocycles. The quantitative estimate of drug-likeness (QED) is 0.0146. The van der Waals surface area contributed by atoms with E-state index in [9.17, 15) is 70.9 Å². The molecule has 16 heteroatoms. The van der Waals surface area contributed by atoms with Crippen molar-refractivity contribution in [3.63, 3.8) is 0 Å². The van der Waals surface area contributed by atoms with E-state index in [4.69, 9.17) is 10.8 Å². The Morgan fingerprint density at radius 1 is 0.462 bits per heavy atom. The van der Waals surface area contributed by atoms with E-state index in [-0.39, 0.29) is 87.4 Å². The van der Waals surface area contributed by atoms with E-state index in [1.807, 2.05) is 55.5 Å². The second kappa shape index (κ2) is 46.0. The van der Waals surface area contributed by atoms with Crippen LogP contribution in [-0.4, -0.2) is 158 Å². The second-order valence-corrected chi connectivity index (χ2v) is 20.0. The molecule has 0 spiro atoms. The van der Waals surface area contributed by atoms with Gasteiger partial charge in [-0.05, 0) is 77.7 Å². The van der Waals surface area contributed by atoms with Gasteiger partial charge in [-0.15, -0.1) is 0 Å². The van der Waals surface area contributed by atoms with Gasteiger partial charge in [0.25, 0.3) is 0 Å². The summed E-state index contributed by atoms with van der Waals surface area (Å²) in [4.78, 5) is 23.5. The molecule has 440 valence electrons. The summed E-state index contributed by atoms with van der Waals surface area (Å²) in [6.45, 7) is 7.27. The van der Waals surface area contributed by atoms with Crippen LogP contribution in [-0.2, 0) is 9.59 Å². The Hall–Kier alpha value is -4.76. The van der Waals surface area contributed by atoms with Crippen molar-refractivity contribution in [2.45, 2.75) is 191 Å². The number of Topliss-reactive ketones (excluding diaryl/α,β-unsaturated/α-hetero) is 1. The molecule has 0 heterocycles. The Balaban J connectivity index is 4.49. The van der Waals surface area contributed by atoms with Crippen molar-refractivity contribution in [1.82, 2.24) is 0 Å². The van der Waals surface area contributed by atoms with Crippen molar-refractivity contribution in [3.8, 4) is 0 Å². The molecular weight excluding hydrogens is 999 g/mol. The maximum atomic E-state index is 12.8. The Kier molecular flexibility index (Phi) is 43.2. The molecule has 0 saturated heterocycles. The third-order valence-corrected chi connectivity index (χ3v) is 12.6. The van der Waals surface area contributed by atoms with Crippen LogP contribution in [0.1, 0.15) is 118 Å². The number of aliphatic hydroxyl groups excluding tert-OH is 12. The molecule has 0 saturated carbocycles. The van der Waals surface area contributed by atoms with Crippen LogP contribution in [0.25, 0.3) is 0 Å². The molecule has 15 atom stereocenters. The van der Waals surface area contributed by atoms with Gasteiger partial charge in [-0.2, -0.15) is 0 Å². The van der Waals surface area contributed by atoms with Gasteiger partial charge < -0.3 is 72.1 Å². The van der Waals surface area contributed by atoms with Gasteiger partial charge in [0.05, 0.1) is 73.2 Å². The molecule has 0 fully saturated rings. The summed E-state index contributed by atoms with van der Waals surface area (Å²) in [5.74, 6) is -2.60. The molecule has 0 aromatic rings. The fourth-order valence-corrected chi connectivity index (χ4v) is 7.63. The van der Waals surface area contributed by atoms with Gasteiger partial charge in [-0.25, -0.2) is 4.79 Å². The molecule has 0 aromatic heterocycles. The maximum absolute atomic E-state index is 12.8. The first-order valence-electron chi connectivity index (χ1n) is 27.4. The second-order valence-electron chi connectivity index (χ2n) is 20.0. The number of aliphatic carboxylic acids is 1. The van der Waals surface area contributed by atoms with Gasteiger partial charge in [-0.3, -0.25) is 4.79 Å². The van der Waals surface area contributed by atoms with E-state index in [0.29, 0.717) is 19.4 Å². The van der Waals surface area contributed by atoms with Crippen molar-refractivity contribution in [2.75, 3.05) is 6.54 Å². The largest absolute Gasteiger partial charge is 0.478 e. The lowest BCUT2D eigenvalue weighted by Gasteiger charge is -2.25. The molecule has 0 aliphatic heterocycles. The highest BCUT2D eigenvalue weighted by atomic mass is 16.4. The number of unbranched alkanes of at least 4 members (excludes halogenated alkanes) is 1. The lowest BCUT2D eigenvalue weighted by atomic mass is 9.88. The van der Waals surface area contributed by atoms with Gasteiger partial charge >= 0.3 is 5.97 Å². The van der Waals surface area contributed by atoms with Gasteiger partial charge in [0, 0.05) is 49.0 Å². The van der Waals surface area contributed by atoms with E-state index in [2.05, 4.69) is 0 Å². The minimum Gasteiger partial charge on any atom is -0.478 e. The molecule has 0 amide bonds. The Labute approximate surface area is 464 Å². The van der Waals surface area contributed by atoms with Crippen LogP contribution in [0.2, 0.25) is 0 Å². The smallest absolute Gasteiger partial charge is 0.331 e. The summed E-state index contributed by atoms with van der Waals surface area (Å²) < 4.78 is 0. The molecule has 0 radical (unpaired) electrons. The van der Waals surface area contributed by atoms with E-state index in [1.165, 1.54) is 43.4 Å². The van der Waals surface area contributed by atoms with E-state index < -0.39 is 85.1 Å². The summed E-state index contributed by atoms with van der Waals surface area (Å²) in [6.07, 6.45) is 34.8. The Morgan fingerprint density at radius 2 is 0.910 bits per heavy atom. The van der Waals surface area contributed by atoms with E-state index in [1.54, 1.807) is 80.7 Å². The van der Waals surface area contributed by atoms with E-state index in [0.717, 1.165) is 12.8 Å². The fraction of sp³-hybridized carbons (Fsp3) is 0.548. The number of aliphatic hydroxyl groups is 12. The van der Waals surface area contributed by atoms with Crippen molar-refractivity contribution in [2.24, 2.45) is 23.5 Å². The Morgan fingerprint density at radius 3 is 1.45 bits per heavy atom. The number of rotatable bonds is 44. The van der Waals surface area contributed by atoms with Gasteiger partial charge in [0.2, 0.25) is 0 Å². The number of carboxylic acid groups (broad SMARTS) is 1. The van der Waals surface area contributed by atoms with Crippen LogP contribution in [0.3, 0.4) is 0 Å². The maximum Gasteiger partial charge on any atom is 0.331 e. The molecule has 0 aliphatic rings. The zero-order chi connectivity index (χ0) is 58.7. The average Bonchev–Trinajstić information content (AvgIpc) is 3.37. The predicted molar refractivity (Wildman–Crippen MR) is 309 cm³/mol. The zero-order valence-corrected chi connectivity index (χ0v) is 46.4. The van der Waals surface area contributed by atoms with Crippen molar-refractivity contribution in [3.05, 3.63) is 157 Å². The van der Waals surface area contributed by atoms with Crippen LogP contribution in [0.4, 0.5) is 0 Å². The molecule has 0 unspecified atom stereocenters. The van der Waals surface area contributed by atoms with E-state index >= 15 is 0 Å². The average molecular weight is 1100 g/mol. The summed E-state index contributed by atoms with van der Waals surface area (Å²) in [6, 6.07) is 0. The molecule has 0 rings (SSSR count). The standard InChI is InChI=1S/C62H97NO15/c1-45(27-19-15-11-10-12-16-20-28-46(2)62(77)78)61(76)48(4)59(74)37-22-18-14-9-7-5-6-8-13-17-21-36-58(73)47(3)60(75)44-57(72)43-54(69)34-25-33-53(68)42-56(71)41-52(67)32-24-31-50(65)39-49(64)29-23-30-51(66)40-55(70)35-26-38-63/h5-10,12-14,16-25,27-29,32,34,37,45,47-59,61,64-74,76H,11,15,26,30-31,33,35-36,38-44,63H2,1-4H3,(H,77,78)/b6-5+,9-7+,12-10+,13-8+,18-14+,20-16+,21-17+,27-19+,29-23+,32-24+,34-25+,37-22+,46-28+/t45-,47-,48-,49+,50+,51+,52+,53+,54-,55-,56-,57-,58+,59+,61-/m1/s1. The lowest BCUT2D eigenvalue weighted by Crippen LogP contribution is -2.32. The van der Waals surface area contributed by atoms with Gasteiger partial charge in [0.1, 0.15) is 5.78 Å². The first-order chi connectivity index (χ1) is 37.1. The number of nitrogens with two attached hydrogens (primary N) is 1. The number of hydrogen-bond donors (Lipinski definition) is 14. The predicted octanol–water partition coefficient (Wildman–Crippen LogP) is 5.92. The summed E-state index contributed by atoms with van der Waals surface area (Å²) in [7, 11) is 0. The molecule has 0 aliphatic carbocycles. The minimum atomic E-state index is -1.17. The third kappa shape index (κ3) is 40.4. The summed E-state index contributed by atoms with van der Waals surface area (Å²) >= 11 is 0. The number of allylic oxidation sites excluding steroid dienone is 16. The number of carbonyl (C=O) groups excluding carboxylic acids is 1. The SMILES string of the molecule is C\C(=C/C=C/C=C/CC/C=C/[C@@H](C)[C@@H](O)[C@H](C)[C@@H](O)/C=C/C=C/C=C/C=C/C=C/C=C/C[C@H](O)[C@@H](C)C(=O)C[C@H](O)C[C@H](O)/C=C/C[C@H](O)C[C@H](O)C[C@@H](O)/C=C/C[C@H](O)C[C@@H](O)/C=C/C[C@H](O)C[C@H](O)CCCN)C(=O)O. The molecule has 15 N–H and O–H groups in total. The van der Waals surface area contributed by atoms with Gasteiger partial charge in [0.15, 0.2) is 0 Å². The Bertz CT molecular complexity index is 2000. The summed E-state index contributed by atoms with van der Waals surface area (Å²) in [5, 5.41) is 133. The number of hydrogen-bond acceptors (Lipinski definition) is 15. The van der Waals surface area contributed by atoms with Gasteiger partial charge in [-0.1, -0.05) is 173 Å². The zero-order valence-electron chi connectivity index (χ0n) is 46.4. The third-order valence-electron chi connectivity index (χ3n) is 12.6. The van der Waals surface area contributed by atoms with Crippen molar-refractivity contribution >= 4 is 11.8 Å². The lowest BCUT2D eigenvalue weighted by molar-refractivity contribution is -0.132. The molecule has 0 bridgehead atoms. The van der Waals surface area contributed by atoms with Crippen molar-refractivity contribution < 1.29 is 76.0 Å². The van der Waals surface area contributed by atoms with Crippen LogP contribution in [0, 0.1) is 17.8 Å². The highest BCUT2D eigenvalue weighted by molar-refractivity contribution is 5.86. The highest BCUT2D eigenvalue weighted by Gasteiger charge is 2.25. The monoisotopic (exact) mass is 1100 g/mol. The first kappa shape index (κ1) is 73.2. The van der Waals surface area contributed by atoms with Crippen molar-refractivity contribution in [1.29, 1.82) is 0 Å². The highest BCUT2D eigenvalue weighted by Crippen LogP contribution is 2.20. The normalized spacial score (nSPS) is 19.5. The number of ketones is 1. The topological polar surface area (TPSA) is 323 Å². The first-order valence-corrected chi connectivity index (χ1v) is 27.4. The minimum absolute atomic E-state index is 0.0233. The van der Waals surface area contributed by atoms with Crippen LogP contribution >= 0.6 is 0 Å².